The Morgan fingerprint density at radius 1 is 1.56 bits per heavy atom. The number of aryl methyl sites for hydroxylation is 1. The van der Waals surface area contributed by atoms with Gasteiger partial charge < -0.3 is 10.7 Å². The van der Waals surface area contributed by atoms with Crippen molar-refractivity contribution in [2.45, 2.75) is 26.2 Å². The first-order chi connectivity index (χ1) is 8.67. The summed E-state index contributed by atoms with van der Waals surface area (Å²) in [4.78, 5) is 0. The number of hydrogen-bond acceptors (Lipinski definition) is 4. The summed E-state index contributed by atoms with van der Waals surface area (Å²) in [7, 11) is 0. The molecule has 5 heteroatoms. The van der Waals surface area contributed by atoms with Gasteiger partial charge in [0, 0.05) is 6.54 Å². The van der Waals surface area contributed by atoms with Crippen LogP contribution in [0.15, 0.2) is 6.07 Å². The molecule has 96 valence electrons. The summed E-state index contributed by atoms with van der Waals surface area (Å²) in [6.07, 6.45) is 3.63. The monoisotopic (exact) mass is 248 g/mol. The summed E-state index contributed by atoms with van der Waals surface area (Å²) in [5, 5.41) is 12.2. The molecule has 0 unspecified atom stereocenters. The number of anilines is 2. The van der Waals surface area contributed by atoms with E-state index in [0.717, 1.165) is 6.54 Å². The summed E-state index contributed by atoms with van der Waals surface area (Å²) in [6.45, 7) is 2.37. The quantitative estimate of drug-likeness (QED) is 0.565. The van der Waals surface area contributed by atoms with Crippen LogP contribution in [0.1, 0.15) is 30.4 Å². The molecule has 1 aliphatic rings. The molecule has 4 nitrogen and oxygen atoms in total. The maximum absolute atomic E-state index is 13.9. The molecule has 0 radical (unpaired) electrons. The van der Waals surface area contributed by atoms with Crippen molar-refractivity contribution < 1.29 is 4.39 Å². The normalized spacial score (nSPS) is 14.8. The predicted octanol–water partition coefficient (Wildman–Crippen LogP) is 2.50. The smallest absolute Gasteiger partial charge is 0.146 e. The van der Waals surface area contributed by atoms with Crippen LogP contribution in [0.4, 0.5) is 15.8 Å². The molecule has 0 atom stereocenters. The third-order valence-corrected chi connectivity index (χ3v) is 3.51. The van der Waals surface area contributed by atoms with Crippen molar-refractivity contribution >= 4 is 11.4 Å². The van der Waals surface area contributed by atoms with Crippen LogP contribution in [0.5, 0.6) is 0 Å². The second kappa shape index (κ2) is 5.23. The van der Waals surface area contributed by atoms with Gasteiger partial charge in [-0.25, -0.2) is 4.39 Å². The fraction of sp³-hybridized carbons (Fsp3) is 0.462. The number of halogens is 1. The van der Waals surface area contributed by atoms with Crippen molar-refractivity contribution in [3.63, 3.8) is 0 Å². The summed E-state index contributed by atoms with van der Waals surface area (Å²) in [6, 6.07) is 3.52. The Labute approximate surface area is 106 Å². The van der Waals surface area contributed by atoms with Crippen molar-refractivity contribution in [1.82, 2.24) is 0 Å². The van der Waals surface area contributed by atoms with E-state index < -0.39 is 5.82 Å². The van der Waals surface area contributed by atoms with E-state index in [2.05, 4.69) is 10.7 Å². The van der Waals surface area contributed by atoms with Crippen molar-refractivity contribution in [3.05, 3.63) is 23.0 Å². The van der Waals surface area contributed by atoms with E-state index in [-0.39, 0.29) is 5.56 Å². The second-order valence-corrected chi connectivity index (χ2v) is 4.74. The average molecular weight is 248 g/mol. The highest BCUT2D eigenvalue weighted by Crippen LogP contribution is 2.32. The first-order valence-corrected chi connectivity index (χ1v) is 6.11. The molecule has 0 aromatic heterocycles. The number of nitrogens with zero attached hydrogens (tertiary/aromatic N) is 1. The molecule has 0 bridgehead atoms. The van der Waals surface area contributed by atoms with Gasteiger partial charge in [-0.05, 0) is 37.3 Å². The van der Waals surface area contributed by atoms with Crippen LogP contribution in [0.2, 0.25) is 0 Å². The van der Waals surface area contributed by atoms with Crippen molar-refractivity contribution in [2.75, 3.05) is 17.3 Å². The maximum atomic E-state index is 13.9. The Bertz CT molecular complexity index is 489. The van der Waals surface area contributed by atoms with Crippen LogP contribution in [0.25, 0.3) is 0 Å². The van der Waals surface area contributed by atoms with Crippen molar-refractivity contribution in [2.24, 2.45) is 11.8 Å². The van der Waals surface area contributed by atoms with Gasteiger partial charge in [-0.2, -0.15) is 5.26 Å². The second-order valence-electron chi connectivity index (χ2n) is 4.74. The maximum Gasteiger partial charge on any atom is 0.146 e. The number of benzene rings is 1. The minimum Gasteiger partial charge on any atom is -0.382 e. The minimum absolute atomic E-state index is 0.0299. The Hall–Kier alpha value is -1.80. The molecular weight excluding hydrogens is 231 g/mol. The zero-order chi connectivity index (χ0) is 13.1. The summed E-state index contributed by atoms with van der Waals surface area (Å²) < 4.78 is 13.9. The van der Waals surface area contributed by atoms with Gasteiger partial charge in [0.05, 0.1) is 11.4 Å². The number of hydrazine groups is 1. The summed E-state index contributed by atoms with van der Waals surface area (Å²) in [5.74, 6) is 5.56. The van der Waals surface area contributed by atoms with Gasteiger partial charge in [-0.15, -0.1) is 0 Å². The number of nitrogens with one attached hydrogen (secondary N) is 2. The van der Waals surface area contributed by atoms with Crippen LogP contribution in [-0.4, -0.2) is 6.54 Å². The molecule has 1 aliphatic carbocycles. The van der Waals surface area contributed by atoms with Gasteiger partial charge in [0.25, 0.3) is 0 Å². The lowest BCUT2D eigenvalue weighted by molar-refractivity contribution is 0.333. The fourth-order valence-electron chi connectivity index (χ4n) is 2.14. The molecule has 0 heterocycles. The highest BCUT2D eigenvalue weighted by molar-refractivity contribution is 5.76. The van der Waals surface area contributed by atoms with Crippen LogP contribution < -0.4 is 16.6 Å². The van der Waals surface area contributed by atoms with Crippen LogP contribution in [0, 0.1) is 30.0 Å². The van der Waals surface area contributed by atoms with E-state index in [9.17, 15) is 4.39 Å². The SMILES string of the molecule is Cc1cc(NN)c(NCC2CCC2)c(C#N)c1F. The zero-order valence-electron chi connectivity index (χ0n) is 10.4. The van der Waals surface area contributed by atoms with Crippen molar-refractivity contribution in [1.29, 1.82) is 5.26 Å². The number of nitrogens with two attached hydrogens (primary N) is 1. The lowest BCUT2D eigenvalue weighted by Crippen LogP contribution is -2.22. The van der Waals surface area contributed by atoms with Crippen molar-refractivity contribution in [3.8, 4) is 6.07 Å². The van der Waals surface area contributed by atoms with Crippen LogP contribution >= 0.6 is 0 Å². The molecule has 0 spiro atoms. The summed E-state index contributed by atoms with van der Waals surface area (Å²) >= 11 is 0. The van der Waals surface area contributed by atoms with E-state index in [0.29, 0.717) is 22.9 Å². The zero-order valence-corrected chi connectivity index (χ0v) is 10.4. The number of rotatable bonds is 4. The molecule has 4 N–H and O–H groups in total. The molecule has 1 fully saturated rings. The minimum atomic E-state index is -0.479. The van der Waals surface area contributed by atoms with E-state index in [1.165, 1.54) is 19.3 Å². The van der Waals surface area contributed by atoms with E-state index >= 15 is 0 Å². The predicted molar refractivity (Wildman–Crippen MR) is 69.5 cm³/mol. The largest absolute Gasteiger partial charge is 0.382 e. The highest BCUT2D eigenvalue weighted by atomic mass is 19.1. The number of hydrogen-bond donors (Lipinski definition) is 3. The summed E-state index contributed by atoms with van der Waals surface area (Å²) in [5.41, 5.74) is 3.99. The number of nitrogen functional groups attached to an aromatic ring is 1. The molecule has 1 saturated carbocycles. The van der Waals surface area contributed by atoms with Gasteiger partial charge in [0.2, 0.25) is 0 Å². The van der Waals surface area contributed by atoms with Gasteiger partial charge in [-0.3, -0.25) is 5.84 Å². The van der Waals surface area contributed by atoms with E-state index in [4.69, 9.17) is 11.1 Å². The lowest BCUT2D eigenvalue weighted by Gasteiger charge is -2.26. The molecular formula is C13H17FN4. The lowest BCUT2D eigenvalue weighted by atomic mass is 9.85. The molecule has 0 amide bonds. The molecule has 0 aliphatic heterocycles. The van der Waals surface area contributed by atoms with E-state index in [1.807, 2.05) is 6.07 Å². The Kier molecular flexibility index (Phi) is 3.68. The first kappa shape index (κ1) is 12.7. The topological polar surface area (TPSA) is 73.9 Å². The fourth-order valence-corrected chi connectivity index (χ4v) is 2.14. The Morgan fingerprint density at radius 2 is 2.28 bits per heavy atom. The van der Waals surface area contributed by atoms with E-state index in [1.54, 1.807) is 13.0 Å². The molecule has 2 rings (SSSR count). The Morgan fingerprint density at radius 3 is 2.78 bits per heavy atom. The molecule has 1 aromatic carbocycles. The third-order valence-electron chi connectivity index (χ3n) is 3.51. The van der Waals surface area contributed by atoms with Gasteiger partial charge >= 0.3 is 0 Å². The molecule has 1 aromatic rings. The van der Waals surface area contributed by atoms with Crippen LogP contribution in [-0.2, 0) is 0 Å². The van der Waals surface area contributed by atoms with Gasteiger partial charge in [0.15, 0.2) is 0 Å². The average Bonchev–Trinajstić information content (AvgIpc) is 2.31. The van der Waals surface area contributed by atoms with Gasteiger partial charge in [0.1, 0.15) is 17.4 Å². The van der Waals surface area contributed by atoms with Crippen LogP contribution in [0.3, 0.4) is 0 Å². The molecule has 18 heavy (non-hydrogen) atoms. The number of nitriles is 1. The standard InChI is InChI=1S/C13H17FN4/c1-8-5-11(18-16)13(10(6-15)12(8)14)17-7-9-3-2-4-9/h5,9,17-18H,2-4,7,16H2,1H3. The third kappa shape index (κ3) is 2.24. The van der Waals surface area contributed by atoms with Gasteiger partial charge in [-0.1, -0.05) is 6.42 Å². The Balaban J connectivity index is 2.30. The first-order valence-electron chi connectivity index (χ1n) is 6.11. The highest BCUT2D eigenvalue weighted by Gasteiger charge is 2.20. The molecule has 0 saturated heterocycles.